The Labute approximate surface area is 49.0 Å². The van der Waals surface area contributed by atoms with E-state index in [4.69, 9.17) is 0 Å². The first-order chi connectivity index (χ1) is 3.29. The van der Waals surface area contributed by atoms with E-state index >= 15 is 0 Å². The molecule has 0 radical (unpaired) electrons. The van der Waals surface area contributed by atoms with Gasteiger partial charge in [-0.2, -0.15) is 0 Å². The fraction of sp³-hybridized carbons (Fsp3) is 1.00. The third-order valence-corrected chi connectivity index (χ3v) is 1.39. The van der Waals surface area contributed by atoms with Gasteiger partial charge in [-0.3, -0.25) is 0 Å². The molecule has 1 rings (SSSR count). The quantitative estimate of drug-likeness (QED) is 0.551. The molecule has 2 unspecified atom stereocenters. The minimum absolute atomic E-state index is 0.521. The average Bonchev–Trinajstić information content (AvgIpc) is 2.17. The molecule has 1 aliphatic carbocycles. The molecule has 1 N–H and O–H groups in total. The summed E-state index contributed by atoms with van der Waals surface area (Å²) >= 11 is 0. The maximum absolute atomic E-state index is 3.34. The SMILES string of the molecule is PC(P)NC1CC1. The molecule has 1 nitrogen and oxygen atoms in total. The van der Waals surface area contributed by atoms with Crippen molar-refractivity contribution in [1.82, 2.24) is 5.32 Å². The molecule has 0 aromatic heterocycles. The van der Waals surface area contributed by atoms with Crippen molar-refractivity contribution in [2.45, 2.75) is 24.4 Å². The lowest BCUT2D eigenvalue weighted by atomic mass is 10.7. The summed E-state index contributed by atoms with van der Waals surface area (Å²) in [5.41, 5.74) is 0.521. The van der Waals surface area contributed by atoms with Crippen molar-refractivity contribution in [2.24, 2.45) is 0 Å². The van der Waals surface area contributed by atoms with Crippen LogP contribution in [0.1, 0.15) is 12.8 Å². The zero-order chi connectivity index (χ0) is 5.28. The zero-order valence-electron chi connectivity index (χ0n) is 4.22. The van der Waals surface area contributed by atoms with Crippen LogP contribution in [-0.4, -0.2) is 11.6 Å². The van der Waals surface area contributed by atoms with Crippen molar-refractivity contribution in [1.29, 1.82) is 0 Å². The molecule has 0 aromatic carbocycles. The lowest BCUT2D eigenvalue weighted by Crippen LogP contribution is -2.19. The van der Waals surface area contributed by atoms with Crippen LogP contribution in [0.15, 0.2) is 0 Å². The second-order valence-electron chi connectivity index (χ2n) is 1.97. The van der Waals surface area contributed by atoms with Gasteiger partial charge in [0.25, 0.3) is 0 Å². The second kappa shape index (κ2) is 2.40. The monoisotopic (exact) mass is 135 g/mol. The maximum atomic E-state index is 3.34. The summed E-state index contributed by atoms with van der Waals surface area (Å²) in [4.78, 5) is 0. The van der Waals surface area contributed by atoms with Gasteiger partial charge in [-0.15, -0.1) is 18.5 Å². The van der Waals surface area contributed by atoms with Crippen molar-refractivity contribution >= 4 is 18.5 Å². The molecule has 42 valence electrons. The van der Waals surface area contributed by atoms with E-state index in [2.05, 4.69) is 23.8 Å². The zero-order valence-corrected chi connectivity index (χ0v) is 6.53. The van der Waals surface area contributed by atoms with E-state index in [1.54, 1.807) is 0 Å². The molecule has 7 heavy (non-hydrogen) atoms. The Morgan fingerprint density at radius 3 is 2.14 bits per heavy atom. The molecule has 0 saturated heterocycles. The smallest absolute Gasteiger partial charge is 0.0354 e. The van der Waals surface area contributed by atoms with Crippen molar-refractivity contribution in [3.63, 3.8) is 0 Å². The van der Waals surface area contributed by atoms with Gasteiger partial charge < -0.3 is 5.32 Å². The highest BCUT2D eigenvalue weighted by Gasteiger charge is 2.20. The molecule has 3 heteroatoms. The van der Waals surface area contributed by atoms with E-state index < -0.39 is 0 Å². The van der Waals surface area contributed by atoms with Crippen molar-refractivity contribution < 1.29 is 0 Å². The fourth-order valence-corrected chi connectivity index (χ4v) is 1.07. The van der Waals surface area contributed by atoms with Crippen molar-refractivity contribution in [3.8, 4) is 0 Å². The summed E-state index contributed by atoms with van der Waals surface area (Å²) in [6, 6.07) is 0.833. The Kier molecular flexibility index (Phi) is 2.04. The molecule has 0 aromatic rings. The Morgan fingerprint density at radius 2 is 2.00 bits per heavy atom. The van der Waals surface area contributed by atoms with E-state index in [0.717, 1.165) is 6.04 Å². The number of hydrogen-bond donors (Lipinski definition) is 1. The van der Waals surface area contributed by atoms with E-state index in [1.807, 2.05) is 0 Å². The van der Waals surface area contributed by atoms with Crippen LogP contribution in [0.25, 0.3) is 0 Å². The predicted molar refractivity (Wildman–Crippen MR) is 39.4 cm³/mol. The summed E-state index contributed by atoms with van der Waals surface area (Å²) < 4.78 is 0. The average molecular weight is 135 g/mol. The van der Waals surface area contributed by atoms with Crippen LogP contribution >= 0.6 is 18.5 Å². The first-order valence-corrected chi connectivity index (χ1v) is 3.89. The van der Waals surface area contributed by atoms with Crippen LogP contribution in [0.2, 0.25) is 0 Å². The topological polar surface area (TPSA) is 12.0 Å². The molecule has 0 spiro atoms. The minimum atomic E-state index is 0.521. The molecule has 1 aliphatic rings. The summed E-state index contributed by atoms with van der Waals surface area (Å²) in [5.74, 6) is 0. The van der Waals surface area contributed by atoms with Gasteiger partial charge in [0.2, 0.25) is 0 Å². The van der Waals surface area contributed by atoms with Gasteiger partial charge >= 0.3 is 0 Å². The number of rotatable bonds is 2. The van der Waals surface area contributed by atoms with Crippen molar-refractivity contribution in [3.05, 3.63) is 0 Å². The second-order valence-corrected chi connectivity index (χ2v) is 4.17. The molecule has 0 heterocycles. The van der Waals surface area contributed by atoms with Crippen LogP contribution in [0.5, 0.6) is 0 Å². The van der Waals surface area contributed by atoms with Gasteiger partial charge in [0.15, 0.2) is 0 Å². The van der Waals surface area contributed by atoms with Crippen molar-refractivity contribution in [2.75, 3.05) is 0 Å². The highest BCUT2D eigenvalue weighted by molar-refractivity contribution is 7.37. The van der Waals surface area contributed by atoms with Crippen LogP contribution in [0, 0.1) is 0 Å². The molecular formula is C4H11NP2. The Bertz CT molecular complexity index is 60.7. The molecular weight excluding hydrogens is 124 g/mol. The maximum Gasteiger partial charge on any atom is 0.0354 e. The fourth-order valence-electron chi connectivity index (χ4n) is 0.522. The summed E-state index contributed by atoms with van der Waals surface area (Å²) in [7, 11) is 5.39. The molecule has 0 aliphatic heterocycles. The number of nitrogens with one attached hydrogen (secondary N) is 1. The van der Waals surface area contributed by atoms with Gasteiger partial charge in [-0.25, -0.2) is 0 Å². The molecule has 2 atom stereocenters. The summed E-state index contributed by atoms with van der Waals surface area (Å²) in [6.07, 6.45) is 2.75. The predicted octanol–water partition coefficient (Wildman–Crippen LogP) is 0.772. The Hall–Kier alpha value is 0.820. The van der Waals surface area contributed by atoms with Crippen LogP contribution in [-0.2, 0) is 0 Å². The third-order valence-electron chi connectivity index (χ3n) is 1.01. The van der Waals surface area contributed by atoms with E-state index in [9.17, 15) is 0 Å². The highest BCUT2D eigenvalue weighted by atomic mass is 31.1. The number of hydrogen-bond acceptors (Lipinski definition) is 1. The van der Waals surface area contributed by atoms with E-state index in [-0.39, 0.29) is 0 Å². The van der Waals surface area contributed by atoms with Gasteiger partial charge in [-0.05, 0) is 12.8 Å². The minimum Gasteiger partial charge on any atom is -0.305 e. The molecule has 0 bridgehead atoms. The van der Waals surface area contributed by atoms with Crippen LogP contribution < -0.4 is 5.32 Å². The Balaban J connectivity index is 1.97. The molecule has 0 amide bonds. The van der Waals surface area contributed by atoms with Crippen LogP contribution in [0.4, 0.5) is 0 Å². The standard InChI is InChI=1S/C4H11NP2/c6-4(7)5-3-1-2-3/h3-5H,1-2,6-7H2. The Morgan fingerprint density at radius 1 is 1.43 bits per heavy atom. The lowest BCUT2D eigenvalue weighted by Gasteiger charge is -2.02. The molecule has 1 fully saturated rings. The lowest BCUT2D eigenvalue weighted by molar-refractivity contribution is 0.761. The van der Waals surface area contributed by atoms with E-state index in [1.165, 1.54) is 12.8 Å². The van der Waals surface area contributed by atoms with Crippen LogP contribution in [0.3, 0.4) is 0 Å². The van der Waals surface area contributed by atoms with Gasteiger partial charge in [-0.1, -0.05) is 0 Å². The largest absolute Gasteiger partial charge is 0.305 e. The normalized spacial score (nSPS) is 21.0. The van der Waals surface area contributed by atoms with Gasteiger partial charge in [0.1, 0.15) is 0 Å². The summed E-state index contributed by atoms with van der Waals surface area (Å²) in [6.45, 7) is 0. The van der Waals surface area contributed by atoms with E-state index in [0.29, 0.717) is 5.52 Å². The van der Waals surface area contributed by atoms with Gasteiger partial charge in [0, 0.05) is 11.6 Å². The first-order valence-electron chi connectivity index (χ1n) is 2.56. The third kappa shape index (κ3) is 2.59. The molecule has 1 saturated carbocycles. The van der Waals surface area contributed by atoms with Gasteiger partial charge in [0.05, 0.1) is 0 Å². The highest BCUT2D eigenvalue weighted by Crippen LogP contribution is 2.21. The first kappa shape index (κ1) is 5.95. The summed E-state index contributed by atoms with van der Waals surface area (Å²) in [5, 5.41) is 3.34.